The van der Waals surface area contributed by atoms with Crippen LogP contribution in [0.2, 0.25) is 0 Å². The van der Waals surface area contributed by atoms with Crippen molar-refractivity contribution in [3.63, 3.8) is 0 Å². The van der Waals surface area contributed by atoms with Crippen molar-refractivity contribution < 1.29 is 9.90 Å². The molecule has 4 rings (SSSR count). The molecule has 2 aromatic carbocycles. The van der Waals surface area contributed by atoms with Crippen molar-refractivity contribution in [2.75, 3.05) is 5.32 Å². The first kappa shape index (κ1) is 15.0. The number of nitrogens with one attached hydrogen (secondary N) is 2. The summed E-state index contributed by atoms with van der Waals surface area (Å²) in [7, 11) is 0. The van der Waals surface area contributed by atoms with E-state index in [-0.39, 0.29) is 16.7 Å². The Morgan fingerprint density at radius 2 is 1.68 bits per heavy atom. The standard InChI is InChI=1S/C20H14N2O3/c23-19-14-10-12-6-4-5-9-16(12)22-17(14)11-15(20(24)25)18(19)21-13-7-2-1-3-8-13/h1-11,21-22H,(H,24,25). The third-order valence-electron chi connectivity index (χ3n) is 4.12. The lowest BCUT2D eigenvalue weighted by atomic mass is 10.0. The van der Waals surface area contributed by atoms with Crippen LogP contribution < -0.4 is 10.7 Å². The summed E-state index contributed by atoms with van der Waals surface area (Å²) in [5.41, 5.74) is 2.10. The summed E-state index contributed by atoms with van der Waals surface area (Å²) >= 11 is 0. The van der Waals surface area contributed by atoms with Gasteiger partial charge >= 0.3 is 5.97 Å². The van der Waals surface area contributed by atoms with E-state index in [1.54, 1.807) is 18.2 Å². The molecule has 1 heterocycles. The molecule has 0 aromatic heterocycles. The molecule has 0 spiro atoms. The van der Waals surface area contributed by atoms with Crippen LogP contribution in [0.1, 0.15) is 10.4 Å². The van der Waals surface area contributed by atoms with Crippen molar-refractivity contribution in [3.05, 3.63) is 82.5 Å². The Hall–Kier alpha value is -3.60. The topological polar surface area (TPSA) is 82.2 Å². The Morgan fingerprint density at radius 1 is 0.960 bits per heavy atom. The molecule has 0 bridgehead atoms. The number of hydrogen-bond donors (Lipinski definition) is 3. The lowest BCUT2D eigenvalue weighted by Gasteiger charge is -2.14. The largest absolute Gasteiger partial charge is 0.478 e. The average Bonchev–Trinajstić information content (AvgIpc) is 2.63. The van der Waals surface area contributed by atoms with Gasteiger partial charge in [0.1, 0.15) is 5.69 Å². The zero-order valence-electron chi connectivity index (χ0n) is 13.1. The fourth-order valence-corrected chi connectivity index (χ4v) is 2.92. The van der Waals surface area contributed by atoms with Gasteiger partial charge in [0.05, 0.1) is 11.3 Å². The van der Waals surface area contributed by atoms with E-state index in [2.05, 4.69) is 10.3 Å². The first-order valence-electron chi connectivity index (χ1n) is 7.77. The van der Waals surface area contributed by atoms with E-state index >= 15 is 0 Å². The lowest BCUT2D eigenvalue weighted by molar-refractivity contribution is 0.0698. The van der Waals surface area contributed by atoms with Crippen molar-refractivity contribution in [2.24, 2.45) is 0 Å². The Kier molecular flexibility index (Phi) is 3.47. The molecule has 0 atom stereocenters. The van der Waals surface area contributed by atoms with Gasteiger partial charge in [0.2, 0.25) is 5.43 Å². The van der Waals surface area contributed by atoms with E-state index in [0.29, 0.717) is 16.9 Å². The maximum atomic E-state index is 13.0. The zero-order valence-corrected chi connectivity index (χ0v) is 13.1. The smallest absolute Gasteiger partial charge is 0.338 e. The Bertz CT molecular complexity index is 1120. The van der Waals surface area contributed by atoms with E-state index in [1.807, 2.05) is 42.5 Å². The van der Waals surface area contributed by atoms with Crippen molar-refractivity contribution >= 4 is 28.2 Å². The molecule has 0 saturated carbocycles. The highest BCUT2D eigenvalue weighted by Crippen LogP contribution is 2.28. The van der Waals surface area contributed by atoms with Crippen LogP contribution in [0.5, 0.6) is 0 Å². The fraction of sp³-hybridized carbons (Fsp3) is 0. The number of carboxylic acids is 1. The summed E-state index contributed by atoms with van der Waals surface area (Å²) in [5, 5.41) is 13.4. The Labute approximate surface area is 142 Å². The van der Waals surface area contributed by atoms with Gasteiger partial charge in [-0.25, -0.2) is 4.79 Å². The second kappa shape index (κ2) is 5.79. The number of para-hydroxylation sites is 2. The molecule has 0 fully saturated rings. The van der Waals surface area contributed by atoms with Gasteiger partial charge in [-0.1, -0.05) is 36.4 Å². The van der Waals surface area contributed by atoms with Crippen LogP contribution in [0.3, 0.4) is 0 Å². The highest BCUT2D eigenvalue weighted by molar-refractivity contribution is 5.99. The molecule has 1 aliphatic heterocycles. The number of aromatic amines is 1. The van der Waals surface area contributed by atoms with E-state index in [4.69, 9.17) is 0 Å². The quantitative estimate of drug-likeness (QED) is 0.494. The molecule has 3 N–H and O–H groups in total. The molecule has 2 aliphatic rings. The minimum absolute atomic E-state index is 0.0621. The van der Waals surface area contributed by atoms with Gasteiger partial charge in [0.15, 0.2) is 0 Å². The van der Waals surface area contributed by atoms with Gasteiger partial charge in [-0.2, -0.15) is 0 Å². The van der Waals surface area contributed by atoms with Gasteiger partial charge < -0.3 is 15.4 Å². The second-order valence-corrected chi connectivity index (χ2v) is 5.74. The number of aromatic nitrogens is 1. The van der Waals surface area contributed by atoms with Crippen LogP contribution in [0, 0.1) is 0 Å². The molecule has 5 heteroatoms. The van der Waals surface area contributed by atoms with Crippen LogP contribution in [0.4, 0.5) is 11.4 Å². The maximum absolute atomic E-state index is 13.0. The molecule has 2 aromatic rings. The van der Waals surface area contributed by atoms with Crippen LogP contribution in [-0.2, 0) is 0 Å². The van der Waals surface area contributed by atoms with Crippen LogP contribution in [0.15, 0.2) is 71.5 Å². The van der Waals surface area contributed by atoms with Gasteiger partial charge in [-0.05, 0) is 35.7 Å². The fourth-order valence-electron chi connectivity index (χ4n) is 2.92. The van der Waals surface area contributed by atoms with E-state index in [0.717, 1.165) is 10.9 Å². The minimum atomic E-state index is -1.15. The van der Waals surface area contributed by atoms with Gasteiger partial charge in [-0.15, -0.1) is 0 Å². The third kappa shape index (κ3) is 2.61. The first-order valence-corrected chi connectivity index (χ1v) is 7.77. The monoisotopic (exact) mass is 330 g/mol. The lowest BCUT2D eigenvalue weighted by Crippen LogP contribution is -2.17. The van der Waals surface area contributed by atoms with Crippen molar-refractivity contribution in [1.29, 1.82) is 0 Å². The number of benzene rings is 3. The van der Waals surface area contributed by atoms with E-state index in [9.17, 15) is 14.7 Å². The molecular formula is C20H14N2O3. The third-order valence-corrected chi connectivity index (χ3v) is 4.12. The number of pyridine rings is 1. The predicted octanol–water partition coefficient (Wildman–Crippen LogP) is 4.07. The highest BCUT2D eigenvalue weighted by atomic mass is 16.4. The summed E-state index contributed by atoms with van der Waals surface area (Å²) in [5.74, 6) is -1.15. The molecule has 5 nitrogen and oxygen atoms in total. The first-order chi connectivity index (χ1) is 12.1. The predicted molar refractivity (Wildman–Crippen MR) is 97.9 cm³/mol. The molecule has 122 valence electrons. The second-order valence-electron chi connectivity index (χ2n) is 5.74. The number of carboxylic acid groups (broad SMARTS) is 1. The highest BCUT2D eigenvalue weighted by Gasteiger charge is 2.21. The number of carbonyl (C=O) groups is 1. The summed E-state index contributed by atoms with van der Waals surface area (Å²) in [6.07, 6.45) is 0. The molecule has 0 saturated heterocycles. The summed E-state index contributed by atoms with van der Waals surface area (Å²) in [6, 6.07) is 19.9. The Morgan fingerprint density at radius 3 is 2.44 bits per heavy atom. The molecule has 1 aliphatic carbocycles. The zero-order chi connectivity index (χ0) is 17.4. The van der Waals surface area contributed by atoms with Crippen molar-refractivity contribution in [3.8, 4) is 11.3 Å². The van der Waals surface area contributed by atoms with Gasteiger partial charge in [0, 0.05) is 16.8 Å². The van der Waals surface area contributed by atoms with Gasteiger partial charge in [0.25, 0.3) is 0 Å². The Balaban J connectivity index is 2.00. The van der Waals surface area contributed by atoms with Crippen LogP contribution in [-0.4, -0.2) is 16.1 Å². The number of H-pyrrole nitrogens is 1. The number of aromatic carboxylic acids is 1. The van der Waals surface area contributed by atoms with Gasteiger partial charge in [-0.3, -0.25) is 4.79 Å². The summed E-state index contributed by atoms with van der Waals surface area (Å²) in [4.78, 5) is 27.8. The molecule has 0 amide bonds. The number of anilines is 2. The summed E-state index contributed by atoms with van der Waals surface area (Å²) < 4.78 is 0. The SMILES string of the molecule is O=C(O)c1cc2[nH]c3ccccc3cc-2c(=O)c1Nc1ccccc1. The number of hydrogen-bond acceptors (Lipinski definition) is 3. The molecular weight excluding hydrogens is 316 g/mol. The molecule has 0 unspecified atom stereocenters. The van der Waals surface area contributed by atoms with Crippen LogP contribution in [0.25, 0.3) is 22.2 Å². The summed E-state index contributed by atoms with van der Waals surface area (Å²) in [6.45, 7) is 0. The maximum Gasteiger partial charge on any atom is 0.338 e. The minimum Gasteiger partial charge on any atom is -0.478 e. The van der Waals surface area contributed by atoms with Crippen molar-refractivity contribution in [2.45, 2.75) is 0 Å². The normalized spacial score (nSPS) is 10.9. The van der Waals surface area contributed by atoms with E-state index < -0.39 is 5.97 Å². The average molecular weight is 330 g/mol. The number of rotatable bonds is 3. The molecule has 25 heavy (non-hydrogen) atoms. The van der Waals surface area contributed by atoms with E-state index in [1.165, 1.54) is 6.07 Å². The number of fused-ring (bicyclic) bond motifs is 2. The molecule has 0 radical (unpaired) electrons. The van der Waals surface area contributed by atoms with Crippen LogP contribution >= 0.6 is 0 Å². The van der Waals surface area contributed by atoms with Crippen molar-refractivity contribution in [1.82, 2.24) is 4.98 Å².